The minimum Gasteiger partial charge on any atom is -0.162 e. The third-order valence-corrected chi connectivity index (χ3v) is 3.09. The third-order valence-electron chi connectivity index (χ3n) is 1.93. The topological polar surface area (TPSA) is 0 Å². The summed E-state index contributed by atoms with van der Waals surface area (Å²) in [6.45, 7) is 6.10. The zero-order valence-electron chi connectivity index (χ0n) is 8.48. The van der Waals surface area contributed by atoms with Crippen molar-refractivity contribution >= 4 is 11.8 Å². The van der Waals surface area contributed by atoms with Crippen LogP contribution in [0.4, 0.5) is 0 Å². The van der Waals surface area contributed by atoms with Crippen molar-refractivity contribution in [1.82, 2.24) is 0 Å². The van der Waals surface area contributed by atoms with Crippen molar-refractivity contribution in [1.29, 1.82) is 0 Å². The van der Waals surface area contributed by atoms with Gasteiger partial charge in [0.15, 0.2) is 0 Å². The molecule has 0 heterocycles. The van der Waals surface area contributed by atoms with Crippen LogP contribution in [0.1, 0.15) is 51.9 Å². The summed E-state index contributed by atoms with van der Waals surface area (Å²) >= 11 is 2.10. The van der Waals surface area contributed by atoms with Crippen LogP contribution in [-0.4, -0.2) is 11.5 Å². The van der Waals surface area contributed by atoms with E-state index < -0.39 is 0 Å². The molecule has 0 aromatic rings. The summed E-state index contributed by atoms with van der Waals surface area (Å²) in [6, 6.07) is 0. The molecule has 1 heteroatoms. The van der Waals surface area contributed by atoms with Crippen molar-refractivity contribution in [2.75, 3.05) is 11.5 Å². The molecule has 0 saturated heterocycles. The summed E-state index contributed by atoms with van der Waals surface area (Å²) in [6.07, 6.45) is 9.46. The molecular weight excluding hydrogens is 164 g/mol. The molecule has 1 radical (unpaired) electrons. The monoisotopic (exact) mass is 187 g/mol. The van der Waals surface area contributed by atoms with E-state index in [2.05, 4.69) is 25.6 Å². The zero-order valence-corrected chi connectivity index (χ0v) is 9.30. The normalized spacial score (nSPS) is 10.5. The van der Waals surface area contributed by atoms with Crippen LogP contribution in [0, 0.1) is 6.92 Å². The fourth-order valence-electron chi connectivity index (χ4n) is 1.11. The Morgan fingerprint density at radius 2 is 1.58 bits per heavy atom. The fraction of sp³-hybridized carbons (Fsp3) is 0.909. The lowest BCUT2D eigenvalue weighted by molar-refractivity contribution is 0.659. The van der Waals surface area contributed by atoms with Crippen LogP contribution in [-0.2, 0) is 0 Å². The molecule has 73 valence electrons. The molecular formula is C11H23S. The molecule has 0 unspecified atom stereocenters. The second kappa shape index (κ2) is 11.4. The molecule has 0 N–H and O–H groups in total. The fourth-order valence-corrected chi connectivity index (χ4v) is 2.13. The lowest BCUT2D eigenvalue weighted by Crippen LogP contribution is -1.84. The van der Waals surface area contributed by atoms with Crippen molar-refractivity contribution in [3.05, 3.63) is 6.92 Å². The first-order valence-corrected chi connectivity index (χ1v) is 6.44. The highest BCUT2D eigenvalue weighted by Gasteiger charge is 1.90. The van der Waals surface area contributed by atoms with Gasteiger partial charge in [-0.1, -0.05) is 46.0 Å². The number of hydrogen-bond donors (Lipinski definition) is 0. The van der Waals surface area contributed by atoms with Crippen LogP contribution < -0.4 is 0 Å². The van der Waals surface area contributed by atoms with Crippen molar-refractivity contribution in [2.45, 2.75) is 51.9 Å². The quantitative estimate of drug-likeness (QED) is 0.485. The number of rotatable bonds is 9. The predicted octanol–water partition coefficient (Wildman–Crippen LogP) is 4.30. The summed E-state index contributed by atoms with van der Waals surface area (Å²) < 4.78 is 0. The average Bonchev–Trinajstić information content (AvgIpc) is 2.10. The second-order valence-corrected chi connectivity index (χ2v) is 4.46. The Bertz CT molecular complexity index is 61.4. The van der Waals surface area contributed by atoms with Crippen molar-refractivity contribution in [3.63, 3.8) is 0 Å². The first-order chi connectivity index (χ1) is 5.91. The highest BCUT2D eigenvalue weighted by Crippen LogP contribution is 2.10. The molecule has 0 rings (SSSR count). The molecule has 0 aliphatic carbocycles. The van der Waals surface area contributed by atoms with Gasteiger partial charge in [-0.2, -0.15) is 11.8 Å². The molecule has 0 atom stereocenters. The summed E-state index contributed by atoms with van der Waals surface area (Å²) in [4.78, 5) is 0. The smallest absolute Gasteiger partial charge is 0.00675 e. The van der Waals surface area contributed by atoms with Crippen LogP contribution in [0.5, 0.6) is 0 Å². The SMILES string of the molecule is [CH2]CCCSCCCCCCC. The molecule has 0 spiro atoms. The van der Waals surface area contributed by atoms with Crippen molar-refractivity contribution in [3.8, 4) is 0 Å². The lowest BCUT2D eigenvalue weighted by atomic mass is 10.2. The third kappa shape index (κ3) is 10.3. The van der Waals surface area contributed by atoms with E-state index in [1.165, 1.54) is 50.0 Å². The summed E-state index contributed by atoms with van der Waals surface area (Å²) in [5.41, 5.74) is 0. The summed E-state index contributed by atoms with van der Waals surface area (Å²) in [7, 11) is 0. The van der Waals surface area contributed by atoms with E-state index in [1.54, 1.807) is 0 Å². The van der Waals surface area contributed by atoms with Gasteiger partial charge in [0.1, 0.15) is 0 Å². The Morgan fingerprint density at radius 3 is 2.25 bits per heavy atom. The average molecular weight is 187 g/mol. The van der Waals surface area contributed by atoms with Gasteiger partial charge in [0.25, 0.3) is 0 Å². The Morgan fingerprint density at radius 1 is 0.917 bits per heavy atom. The predicted molar refractivity (Wildman–Crippen MR) is 60.7 cm³/mol. The standard InChI is InChI=1S/C11H23S/c1-3-5-7-8-9-11-12-10-6-4-2/h2-11H2,1H3. The summed E-state index contributed by atoms with van der Waals surface area (Å²) in [5, 5.41) is 0. The number of hydrogen-bond acceptors (Lipinski definition) is 1. The van der Waals surface area contributed by atoms with E-state index in [9.17, 15) is 0 Å². The molecule has 0 aliphatic heterocycles. The van der Waals surface area contributed by atoms with Crippen LogP contribution in [0.15, 0.2) is 0 Å². The first kappa shape index (κ1) is 12.3. The van der Waals surface area contributed by atoms with Gasteiger partial charge in [0, 0.05) is 0 Å². The minimum absolute atomic E-state index is 1.10. The van der Waals surface area contributed by atoms with Crippen LogP contribution in [0.3, 0.4) is 0 Å². The van der Waals surface area contributed by atoms with Gasteiger partial charge in [0.2, 0.25) is 0 Å². The van der Waals surface area contributed by atoms with E-state index in [1.807, 2.05) is 0 Å². The highest BCUT2D eigenvalue weighted by molar-refractivity contribution is 7.99. The van der Waals surface area contributed by atoms with Crippen LogP contribution >= 0.6 is 11.8 Å². The minimum atomic E-state index is 1.10. The van der Waals surface area contributed by atoms with Gasteiger partial charge in [-0.15, -0.1) is 0 Å². The van der Waals surface area contributed by atoms with E-state index in [0.717, 1.165) is 6.42 Å². The maximum Gasteiger partial charge on any atom is -0.00675 e. The van der Waals surface area contributed by atoms with E-state index in [0.29, 0.717) is 0 Å². The van der Waals surface area contributed by atoms with Crippen LogP contribution in [0.2, 0.25) is 0 Å². The van der Waals surface area contributed by atoms with Gasteiger partial charge in [0.05, 0.1) is 0 Å². The van der Waals surface area contributed by atoms with Crippen LogP contribution in [0.25, 0.3) is 0 Å². The second-order valence-electron chi connectivity index (χ2n) is 3.23. The lowest BCUT2D eigenvalue weighted by Gasteiger charge is -2.00. The molecule has 0 nitrogen and oxygen atoms in total. The number of thioether (sulfide) groups is 1. The molecule has 0 amide bonds. The molecule has 0 aromatic carbocycles. The van der Waals surface area contributed by atoms with Crippen molar-refractivity contribution < 1.29 is 0 Å². The Kier molecular flexibility index (Phi) is 11.7. The molecule has 0 saturated carbocycles. The molecule has 0 aromatic heterocycles. The maximum atomic E-state index is 3.83. The van der Waals surface area contributed by atoms with E-state index >= 15 is 0 Å². The van der Waals surface area contributed by atoms with Gasteiger partial charge in [-0.25, -0.2) is 0 Å². The molecule has 0 fully saturated rings. The van der Waals surface area contributed by atoms with E-state index in [4.69, 9.17) is 0 Å². The highest BCUT2D eigenvalue weighted by atomic mass is 32.2. The Labute approximate surface area is 82.5 Å². The first-order valence-electron chi connectivity index (χ1n) is 5.28. The largest absolute Gasteiger partial charge is 0.162 e. The Hall–Kier alpha value is 0.350. The van der Waals surface area contributed by atoms with Gasteiger partial charge in [-0.05, 0) is 24.3 Å². The maximum absolute atomic E-state index is 3.83. The van der Waals surface area contributed by atoms with Gasteiger partial charge < -0.3 is 0 Å². The van der Waals surface area contributed by atoms with Crippen molar-refractivity contribution in [2.24, 2.45) is 0 Å². The molecule has 0 bridgehead atoms. The number of unbranched alkanes of at least 4 members (excludes halogenated alkanes) is 5. The molecule has 12 heavy (non-hydrogen) atoms. The van der Waals surface area contributed by atoms with Gasteiger partial charge >= 0.3 is 0 Å². The summed E-state index contributed by atoms with van der Waals surface area (Å²) in [5.74, 6) is 2.68. The van der Waals surface area contributed by atoms with E-state index in [-0.39, 0.29) is 0 Å². The zero-order chi connectivity index (χ0) is 9.07. The van der Waals surface area contributed by atoms with Gasteiger partial charge in [-0.3, -0.25) is 0 Å². The Balaban J connectivity index is 2.73. The molecule has 0 aliphatic rings.